The highest BCUT2D eigenvalue weighted by Gasteiger charge is 2.58. The summed E-state index contributed by atoms with van der Waals surface area (Å²) >= 11 is 0. The van der Waals surface area contributed by atoms with Crippen LogP contribution in [0.3, 0.4) is 0 Å². The molecule has 2 aromatic rings. The Morgan fingerprint density at radius 1 is 1.44 bits per heavy atom. The van der Waals surface area contributed by atoms with Crippen molar-refractivity contribution in [3.63, 3.8) is 0 Å². The largest absolute Gasteiger partial charge is 0.448 e. The zero-order chi connectivity index (χ0) is 17.4. The first-order valence-corrected chi connectivity index (χ1v) is 9.06. The Labute approximate surface area is 147 Å². The highest BCUT2D eigenvalue weighted by molar-refractivity contribution is 5.93. The molecule has 1 amide bonds. The summed E-state index contributed by atoms with van der Waals surface area (Å²) in [5, 5.41) is 3.42. The van der Waals surface area contributed by atoms with E-state index in [1.807, 2.05) is 11.1 Å². The van der Waals surface area contributed by atoms with Gasteiger partial charge in [0.25, 0.3) is 5.91 Å². The SMILES string of the molecule is CCn1ccnc1CN(C(=O)c1ncoc1C)C1CC12CCNCC2. The predicted molar refractivity (Wildman–Crippen MR) is 92.0 cm³/mol. The van der Waals surface area contributed by atoms with Gasteiger partial charge in [-0.25, -0.2) is 9.97 Å². The number of amides is 1. The maximum Gasteiger partial charge on any atom is 0.276 e. The molecule has 1 spiro atoms. The molecule has 1 aliphatic heterocycles. The molecule has 7 nitrogen and oxygen atoms in total. The molecule has 0 bridgehead atoms. The Kier molecular flexibility index (Phi) is 4.11. The maximum atomic E-state index is 13.2. The fourth-order valence-corrected chi connectivity index (χ4v) is 4.13. The number of nitrogens with one attached hydrogen (secondary N) is 1. The maximum absolute atomic E-state index is 13.2. The molecule has 0 aromatic carbocycles. The molecule has 3 heterocycles. The van der Waals surface area contributed by atoms with Gasteiger partial charge in [-0.3, -0.25) is 4.79 Å². The molecular weight excluding hydrogens is 318 g/mol. The predicted octanol–water partition coefficient (Wildman–Crippen LogP) is 1.98. The monoisotopic (exact) mass is 343 g/mol. The Balaban J connectivity index is 1.62. The summed E-state index contributed by atoms with van der Waals surface area (Å²) in [6.07, 6.45) is 8.44. The molecule has 2 aliphatic rings. The van der Waals surface area contributed by atoms with E-state index in [9.17, 15) is 4.79 Å². The molecule has 2 aromatic heterocycles. The Morgan fingerprint density at radius 3 is 2.92 bits per heavy atom. The molecule has 134 valence electrons. The van der Waals surface area contributed by atoms with Gasteiger partial charge >= 0.3 is 0 Å². The van der Waals surface area contributed by atoms with Gasteiger partial charge in [0.15, 0.2) is 12.1 Å². The number of aryl methyl sites for hydroxylation is 2. The third kappa shape index (κ3) is 2.86. The fraction of sp³-hybridized carbons (Fsp3) is 0.611. The number of hydrogen-bond acceptors (Lipinski definition) is 5. The third-order valence-corrected chi connectivity index (χ3v) is 5.78. The summed E-state index contributed by atoms with van der Waals surface area (Å²) in [4.78, 5) is 23.8. The first kappa shape index (κ1) is 16.3. The normalized spacial score (nSPS) is 21.4. The summed E-state index contributed by atoms with van der Waals surface area (Å²) in [6, 6.07) is 0.264. The number of carbonyl (C=O) groups is 1. The quantitative estimate of drug-likeness (QED) is 0.898. The molecule has 1 aliphatic carbocycles. The van der Waals surface area contributed by atoms with Crippen molar-refractivity contribution >= 4 is 5.91 Å². The van der Waals surface area contributed by atoms with Gasteiger partial charge < -0.3 is 19.2 Å². The Morgan fingerprint density at radius 2 is 2.24 bits per heavy atom. The second-order valence-corrected chi connectivity index (χ2v) is 7.15. The summed E-state index contributed by atoms with van der Waals surface area (Å²) in [5.41, 5.74) is 0.688. The summed E-state index contributed by atoms with van der Waals surface area (Å²) < 4.78 is 7.35. The van der Waals surface area contributed by atoms with Crippen LogP contribution in [0, 0.1) is 12.3 Å². The van der Waals surface area contributed by atoms with E-state index in [0.29, 0.717) is 18.0 Å². The van der Waals surface area contributed by atoms with Crippen LogP contribution in [-0.2, 0) is 13.1 Å². The van der Waals surface area contributed by atoms with Crippen LogP contribution < -0.4 is 5.32 Å². The fourth-order valence-electron chi connectivity index (χ4n) is 4.13. The zero-order valence-electron chi connectivity index (χ0n) is 14.9. The van der Waals surface area contributed by atoms with Gasteiger partial charge in [-0.15, -0.1) is 0 Å². The van der Waals surface area contributed by atoms with E-state index < -0.39 is 0 Å². The van der Waals surface area contributed by atoms with Gasteiger partial charge in [0.05, 0.1) is 6.54 Å². The second kappa shape index (κ2) is 6.29. The van der Waals surface area contributed by atoms with E-state index in [4.69, 9.17) is 4.42 Å². The molecule has 2 fully saturated rings. The van der Waals surface area contributed by atoms with Crippen molar-refractivity contribution in [2.24, 2.45) is 5.41 Å². The van der Waals surface area contributed by atoms with E-state index in [1.54, 1.807) is 13.1 Å². The minimum atomic E-state index is -0.0442. The minimum Gasteiger partial charge on any atom is -0.448 e. The van der Waals surface area contributed by atoms with E-state index in [0.717, 1.165) is 44.7 Å². The van der Waals surface area contributed by atoms with Crippen molar-refractivity contribution in [1.82, 2.24) is 24.8 Å². The van der Waals surface area contributed by atoms with Gasteiger partial charge in [-0.1, -0.05) is 0 Å². The van der Waals surface area contributed by atoms with Crippen LogP contribution in [0.15, 0.2) is 23.2 Å². The van der Waals surface area contributed by atoms with Crippen molar-refractivity contribution in [1.29, 1.82) is 0 Å². The van der Waals surface area contributed by atoms with Crippen LogP contribution >= 0.6 is 0 Å². The average Bonchev–Trinajstić information content (AvgIpc) is 2.99. The topological polar surface area (TPSA) is 76.2 Å². The number of aromatic nitrogens is 3. The zero-order valence-corrected chi connectivity index (χ0v) is 14.9. The van der Waals surface area contributed by atoms with Crippen molar-refractivity contribution in [2.45, 2.75) is 52.2 Å². The summed E-state index contributed by atoms with van der Waals surface area (Å²) in [6.45, 7) is 7.31. The lowest BCUT2D eigenvalue weighted by molar-refractivity contribution is 0.0677. The number of carbonyl (C=O) groups excluding carboxylic acids is 1. The number of hydrogen-bond donors (Lipinski definition) is 1. The molecule has 1 unspecified atom stereocenters. The number of imidazole rings is 1. The molecule has 4 rings (SSSR count). The Bertz CT molecular complexity index is 759. The smallest absolute Gasteiger partial charge is 0.276 e. The van der Waals surface area contributed by atoms with Crippen LogP contribution in [0.2, 0.25) is 0 Å². The van der Waals surface area contributed by atoms with Gasteiger partial charge in [-0.05, 0) is 51.6 Å². The van der Waals surface area contributed by atoms with Crippen molar-refractivity contribution in [3.8, 4) is 0 Å². The lowest BCUT2D eigenvalue weighted by atomic mass is 9.93. The molecule has 1 saturated carbocycles. The number of piperidine rings is 1. The lowest BCUT2D eigenvalue weighted by Gasteiger charge is -2.29. The average molecular weight is 343 g/mol. The Hall–Kier alpha value is -2.15. The summed E-state index contributed by atoms with van der Waals surface area (Å²) in [5.74, 6) is 1.46. The van der Waals surface area contributed by atoms with Crippen LogP contribution in [0.5, 0.6) is 0 Å². The first-order chi connectivity index (χ1) is 12.1. The van der Waals surface area contributed by atoms with Crippen LogP contribution in [0.25, 0.3) is 0 Å². The van der Waals surface area contributed by atoms with Crippen molar-refractivity contribution in [2.75, 3.05) is 13.1 Å². The van der Waals surface area contributed by atoms with E-state index in [1.165, 1.54) is 6.39 Å². The van der Waals surface area contributed by atoms with Crippen molar-refractivity contribution in [3.05, 3.63) is 36.1 Å². The van der Waals surface area contributed by atoms with Crippen LogP contribution in [0.4, 0.5) is 0 Å². The minimum absolute atomic E-state index is 0.0442. The lowest BCUT2D eigenvalue weighted by Crippen LogP contribution is -2.40. The van der Waals surface area contributed by atoms with E-state index in [2.05, 4.69) is 26.8 Å². The molecule has 7 heteroatoms. The number of nitrogens with zero attached hydrogens (tertiary/aromatic N) is 4. The van der Waals surface area contributed by atoms with E-state index in [-0.39, 0.29) is 17.4 Å². The molecule has 1 atom stereocenters. The number of oxazole rings is 1. The third-order valence-electron chi connectivity index (χ3n) is 5.78. The highest BCUT2D eigenvalue weighted by atomic mass is 16.3. The van der Waals surface area contributed by atoms with E-state index >= 15 is 0 Å². The van der Waals surface area contributed by atoms with Gasteiger partial charge in [0, 0.05) is 25.0 Å². The molecule has 1 N–H and O–H groups in total. The summed E-state index contributed by atoms with van der Waals surface area (Å²) in [7, 11) is 0. The first-order valence-electron chi connectivity index (χ1n) is 9.06. The molecule has 1 saturated heterocycles. The highest BCUT2D eigenvalue weighted by Crippen LogP contribution is 2.56. The molecule has 0 radical (unpaired) electrons. The molecule has 25 heavy (non-hydrogen) atoms. The van der Waals surface area contributed by atoms with Crippen molar-refractivity contribution < 1.29 is 9.21 Å². The van der Waals surface area contributed by atoms with Crippen LogP contribution in [-0.4, -0.2) is 44.5 Å². The van der Waals surface area contributed by atoms with Gasteiger partial charge in [0.2, 0.25) is 0 Å². The second-order valence-electron chi connectivity index (χ2n) is 7.15. The molecular formula is C18H25N5O2. The number of rotatable bonds is 5. The van der Waals surface area contributed by atoms with Gasteiger partial charge in [-0.2, -0.15) is 0 Å². The van der Waals surface area contributed by atoms with Gasteiger partial charge in [0.1, 0.15) is 11.6 Å². The van der Waals surface area contributed by atoms with Crippen LogP contribution in [0.1, 0.15) is 48.3 Å². The standard InChI is InChI=1S/C18H25N5O2/c1-3-22-9-8-20-15(22)11-23(17(24)16-13(2)25-12-21-16)14-10-18(14)4-6-19-7-5-18/h8-9,12,14,19H,3-7,10-11H2,1-2H3.